The molecule has 0 spiro atoms. The summed E-state index contributed by atoms with van der Waals surface area (Å²) in [4.78, 5) is 4.51. The molecule has 1 aromatic heterocycles. The second kappa shape index (κ2) is 9.08. The van der Waals surface area contributed by atoms with Crippen LogP contribution in [0.3, 0.4) is 0 Å². The molecular formula is C21H24ClN3O3. The van der Waals surface area contributed by atoms with Crippen molar-refractivity contribution in [3.05, 3.63) is 48.0 Å². The first-order valence-electron chi connectivity index (χ1n) is 9.25. The van der Waals surface area contributed by atoms with E-state index < -0.39 is 0 Å². The minimum absolute atomic E-state index is 0. The molecule has 0 aliphatic heterocycles. The molecule has 3 aromatic rings. The SMILES string of the molecule is COc1cc(-c2nc(-c3ccc(CN)cc3)no2)ccc1OC1CCCC1.Cl. The molecule has 0 amide bonds. The molecule has 0 atom stereocenters. The van der Waals surface area contributed by atoms with Gasteiger partial charge in [-0.1, -0.05) is 29.4 Å². The van der Waals surface area contributed by atoms with Gasteiger partial charge in [0.1, 0.15) is 0 Å². The van der Waals surface area contributed by atoms with Gasteiger partial charge in [-0.3, -0.25) is 0 Å². The molecule has 1 heterocycles. The zero-order valence-electron chi connectivity index (χ0n) is 15.8. The van der Waals surface area contributed by atoms with Crippen molar-refractivity contribution in [2.75, 3.05) is 7.11 Å². The number of nitrogens with two attached hydrogens (primary N) is 1. The van der Waals surface area contributed by atoms with Crippen molar-refractivity contribution < 1.29 is 14.0 Å². The predicted octanol–water partition coefficient (Wildman–Crippen LogP) is 4.61. The highest BCUT2D eigenvalue weighted by Crippen LogP contribution is 2.35. The molecule has 1 fully saturated rings. The topological polar surface area (TPSA) is 83.4 Å². The monoisotopic (exact) mass is 401 g/mol. The highest BCUT2D eigenvalue weighted by atomic mass is 35.5. The van der Waals surface area contributed by atoms with Gasteiger partial charge in [-0.15, -0.1) is 12.4 Å². The van der Waals surface area contributed by atoms with E-state index in [1.54, 1.807) is 7.11 Å². The van der Waals surface area contributed by atoms with Gasteiger partial charge in [-0.05, 0) is 49.4 Å². The Kier molecular flexibility index (Phi) is 6.54. The minimum Gasteiger partial charge on any atom is -0.493 e. The molecule has 0 saturated heterocycles. The maximum atomic E-state index is 6.08. The Morgan fingerprint density at radius 3 is 2.43 bits per heavy atom. The van der Waals surface area contributed by atoms with Crippen molar-refractivity contribution >= 4 is 12.4 Å². The van der Waals surface area contributed by atoms with E-state index in [-0.39, 0.29) is 18.5 Å². The van der Waals surface area contributed by atoms with E-state index in [4.69, 9.17) is 19.7 Å². The third-order valence-corrected chi connectivity index (χ3v) is 4.88. The molecule has 0 bridgehead atoms. The average Bonchev–Trinajstić information content (AvgIpc) is 3.40. The Hall–Kier alpha value is -2.57. The summed E-state index contributed by atoms with van der Waals surface area (Å²) in [5.41, 5.74) is 8.38. The van der Waals surface area contributed by atoms with Crippen LogP contribution in [0, 0.1) is 0 Å². The van der Waals surface area contributed by atoms with Crippen LogP contribution in [-0.2, 0) is 6.54 Å². The van der Waals surface area contributed by atoms with E-state index in [2.05, 4.69) is 10.1 Å². The zero-order valence-corrected chi connectivity index (χ0v) is 16.6. The zero-order chi connectivity index (χ0) is 18.6. The van der Waals surface area contributed by atoms with Crippen molar-refractivity contribution in [3.63, 3.8) is 0 Å². The van der Waals surface area contributed by atoms with Crippen molar-refractivity contribution in [1.29, 1.82) is 0 Å². The molecule has 0 radical (unpaired) electrons. The van der Waals surface area contributed by atoms with Crippen LogP contribution in [0.1, 0.15) is 31.2 Å². The van der Waals surface area contributed by atoms with Gasteiger partial charge >= 0.3 is 0 Å². The van der Waals surface area contributed by atoms with Gasteiger partial charge in [0.15, 0.2) is 11.5 Å². The Balaban J connectivity index is 0.00000225. The number of aromatic nitrogens is 2. The third-order valence-electron chi connectivity index (χ3n) is 4.88. The summed E-state index contributed by atoms with van der Waals surface area (Å²) < 4.78 is 17.0. The maximum absolute atomic E-state index is 6.08. The lowest BCUT2D eigenvalue weighted by Gasteiger charge is -2.16. The molecule has 2 N–H and O–H groups in total. The molecule has 6 nitrogen and oxygen atoms in total. The Morgan fingerprint density at radius 1 is 1.04 bits per heavy atom. The van der Waals surface area contributed by atoms with E-state index in [0.29, 0.717) is 24.0 Å². The lowest BCUT2D eigenvalue weighted by molar-refractivity contribution is 0.201. The van der Waals surface area contributed by atoms with Crippen molar-refractivity contribution in [1.82, 2.24) is 10.1 Å². The van der Waals surface area contributed by atoms with Crippen molar-refractivity contribution in [2.24, 2.45) is 5.73 Å². The van der Waals surface area contributed by atoms with E-state index >= 15 is 0 Å². The van der Waals surface area contributed by atoms with E-state index in [1.165, 1.54) is 12.8 Å². The van der Waals surface area contributed by atoms with Crippen LogP contribution < -0.4 is 15.2 Å². The fourth-order valence-electron chi connectivity index (χ4n) is 3.33. The average molecular weight is 402 g/mol. The normalized spacial score (nSPS) is 13.9. The van der Waals surface area contributed by atoms with E-state index in [9.17, 15) is 0 Å². The minimum atomic E-state index is 0. The van der Waals surface area contributed by atoms with Gasteiger partial charge < -0.3 is 19.7 Å². The van der Waals surface area contributed by atoms with Gasteiger partial charge in [-0.25, -0.2) is 0 Å². The molecule has 7 heteroatoms. The number of hydrogen-bond acceptors (Lipinski definition) is 6. The summed E-state index contributed by atoms with van der Waals surface area (Å²) in [5, 5.41) is 4.09. The summed E-state index contributed by atoms with van der Waals surface area (Å²) in [5.74, 6) is 2.41. The fourth-order valence-corrected chi connectivity index (χ4v) is 3.33. The number of ether oxygens (including phenoxy) is 2. The summed E-state index contributed by atoms with van der Waals surface area (Å²) in [6, 6.07) is 13.5. The van der Waals surface area contributed by atoms with Gasteiger partial charge in [0.2, 0.25) is 5.82 Å². The third kappa shape index (κ3) is 4.29. The van der Waals surface area contributed by atoms with E-state index in [0.717, 1.165) is 35.3 Å². The van der Waals surface area contributed by atoms with Crippen LogP contribution in [0.15, 0.2) is 47.0 Å². The lowest BCUT2D eigenvalue weighted by Crippen LogP contribution is -2.11. The van der Waals surface area contributed by atoms with Crippen LogP contribution in [0.5, 0.6) is 11.5 Å². The predicted molar refractivity (Wildman–Crippen MR) is 110 cm³/mol. The first kappa shape index (κ1) is 20.2. The molecule has 1 saturated carbocycles. The number of rotatable bonds is 6. The smallest absolute Gasteiger partial charge is 0.258 e. The quantitative estimate of drug-likeness (QED) is 0.649. The molecule has 0 unspecified atom stereocenters. The molecule has 1 aliphatic carbocycles. The largest absolute Gasteiger partial charge is 0.493 e. The summed E-state index contributed by atoms with van der Waals surface area (Å²) in [6.45, 7) is 0.507. The van der Waals surface area contributed by atoms with Crippen molar-refractivity contribution in [3.8, 4) is 34.3 Å². The lowest BCUT2D eigenvalue weighted by atomic mass is 10.1. The van der Waals surface area contributed by atoms with Crippen LogP contribution in [0.2, 0.25) is 0 Å². The molecule has 28 heavy (non-hydrogen) atoms. The van der Waals surface area contributed by atoms with Crippen LogP contribution in [-0.4, -0.2) is 23.4 Å². The van der Waals surface area contributed by atoms with Gasteiger partial charge in [0.25, 0.3) is 5.89 Å². The number of nitrogens with zero attached hydrogens (tertiary/aromatic N) is 2. The molecule has 148 valence electrons. The Morgan fingerprint density at radius 2 is 1.75 bits per heavy atom. The Labute approximate surface area is 170 Å². The first-order chi connectivity index (χ1) is 13.3. The van der Waals surface area contributed by atoms with Gasteiger partial charge in [0, 0.05) is 17.7 Å². The highest BCUT2D eigenvalue weighted by molar-refractivity contribution is 5.85. The van der Waals surface area contributed by atoms with E-state index in [1.807, 2.05) is 42.5 Å². The fraction of sp³-hybridized carbons (Fsp3) is 0.333. The van der Waals surface area contributed by atoms with Crippen molar-refractivity contribution in [2.45, 2.75) is 38.3 Å². The van der Waals surface area contributed by atoms with Crippen LogP contribution in [0.25, 0.3) is 22.8 Å². The van der Waals surface area contributed by atoms with Gasteiger partial charge in [-0.2, -0.15) is 4.98 Å². The summed E-state index contributed by atoms with van der Waals surface area (Å²) >= 11 is 0. The molecule has 4 rings (SSSR count). The van der Waals surface area contributed by atoms with Crippen LogP contribution >= 0.6 is 12.4 Å². The molecule has 1 aliphatic rings. The highest BCUT2D eigenvalue weighted by Gasteiger charge is 2.19. The van der Waals surface area contributed by atoms with Gasteiger partial charge in [0.05, 0.1) is 13.2 Å². The number of hydrogen-bond donors (Lipinski definition) is 1. The van der Waals surface area contributed by atoms with Crippen LogP contribution in [0.4, 0.5) is 0 Å². The second-order valence-electron chi connectivity index (χ2n) is 6.71. The maximum Gasteiger partial charge on any atom is 0.258 e. The molecule has 2 aromatic carbocycles. The number of benzene rings is 2. The molecular weight excluding hydrogens is 378 g/mol. The summed E-state index contributed by atoms with van der Waals surface area (Å²) in [7, 11) is 1.64. The number of halogens is 1. The first-order valence-corrected chi connectivity index (χ1v) is 9.25. The Bertz CT molecular complexity index is 906. The standard InChI is InChI=1S/C21H23N3O3.ClH/c1-25-19-12-16(10-11-18(19)26-17-4-2-3-5-17)21-23-20(24-27-21)15-8-6-14(13-22)7-9-15;/h6-12,17H,2-5,13,22H2,1H3;1H. The number of methoxy groups -OCH3 is 1. The summed E-state index contributed by atoms with van der Waals surface area (Å²) in [6.07, 6.45) is 4.92. The second-order valence-corrected chi connectivity index (χ2v) is 6.71.